The fourth-order valence-corrected chi connectivity index (χ4v) is 9.37. The summed E-state index contributed by atoms with van der Waals surface area (Å²) in [7, 11) is 0. The van der Waals surface area contributed by atoms with Crippen molar-refractivity contribution in [3.05, 3.63) is 23.8 Å². The van der Waals surface area contributed by atoms with Gasteiger partial charge in [0.15, 0.2) is 0 Å². The Morgan fingerprint density at radius 1 is 1.03 bits per heavy atom. The summed E-state index contributed by atoms with van der Waals surface area (Å²) in [6, 6.07) is 0. The number of fused-ring (bicyclic) bond motifs is 5. The van der Waals surface area contributed by atoms with Crippen LogP contribution in [0.2, 0.25) is 0 Å². The number of Topliss-reactive ketones (excluding diaryl/α,β-unsaturated/α-hetero) is 1. The van der Waals surface area contributed by atoms with Crippen LogP contribution in [0.4, 0.5) is 0 Å². The van der Waals surface area contributed by atoms with Crippen LogP contribution in [0, 0.1) is 45.3 Å². The van der Waals surface area contributed by atoms with Gasteiger partial charge in [-0.25, -0.2) is 0 Å². The van der Waals surface area contributed by atoms with E-state index in [9.17, 15) is 4.79 Å². The number of carbonyl (C=O) groups is 1. The zero-order valence-electron chi connectivity index (χ0n) is 21.9. The molecule has 0 spiro atoms. The predicted molar refractivity (Wildman–Crippen MR) is 131 cm³/mol. The zero-order chi connectivity index (χ0) is 23.3. The third-order valence-corrected chi connectivity index (χ3v) is 11.9. The van der Waals surface area contributed by atoms with Crippen molar-refractivity contribution in [1.29, 1.82) is 0 Å². The van der Waals surface area contributed by atoms with Crippen LogP contribution in [0.3, 0.4) is 0 Å². The minimum Gasteiger partial charge on any atom is -0.362 e. The second kappa shape index (κ2) is 6.83. The number of ketones is 1. The maximum absolute atomic E-state index is 12.8. The lowest BCUT2D eigenvalue weighted by molar-refractivity contribution is -0.145. The Morgan fingerprint density at radius 2 is 1.72 bits per heavy atom. The van der Waals surface area contributed by atoms with Crippen LogP contribution >= 0.6 is 0 Å². The average molecular weight is 439 g/mol. The highest BCUT2D eigenvalue weighted by Crippen LogP contribution is 2.73. The van der Waals surface area contributed by atoms with E-state index in [-0.39, 0.29) is 16.4 Å². The first-order valence-corrected chi connectivity index (χ1v) is 13.4. The Bertz CT molecular complexity index is 877. The lowest BCUT2D eigenvalue weighted by Crippen LogP contribution is -2.57. The second-order valence-corrected chi connectivity index (χ2v) is 14.0. The van der Waals surface area contributed by atoms with Gasteiger partial charge in [0.25, 0.3) is 0 Å². The smallest absolute Gasteiger partial charge is 0.138 e. The third-order valence-electron chi connectivity index (χ3n) is 11.9. The Hall–Kier alpha value is -0.890. The second-order valence-electron chi connectivity index (χ2n) is 14.0. The van der Waals surface area contributed by atoms with E-state index >= 15 is 0 Å². The van der Waals surface area contributed by atoms with Crippen molar-refractivity contribution in [3.63, 3.8) is 0 Å². The predicted octanol–water partition coefficient (Wildman–Crippen LogP) is 7.53. The number of ether oxygens (including phenoxy) is 1. The minimum absolute atomic E-state index is 0.0381. The summed E-state index contributed by atoms with van der Waals surface area (Å²) < 4.78 is 5.81. The lowest BCUT2D eigenvalue weighted by atomic mass is 9.41. The van der Waals surface area contributed by atoms with Gasteiger partial charge in [-0.05, 0) is 92.3 Å². The summed E-state index contributed by atoms with van der Waals surface area (Å²) in [6.07, 6.45) is 16.0. The molecule has 2 nitrogen and oxygen atoms in total. The molecule has 2 heteroatoms. The molecule has 0 aromatic carbocycles. The molecule has 0 amide bonds. The van der Waals surface area contributed by atoms with E-state index in [1.54, 1.807) is 5.57 Å². The maximum atomic E-state index is 12.8. The van der Waals surface area contributed by atoms with Crippen LogP contribution in [0.1, 0.15) is 100 Å². The van der Waals surface area contributed by atoms with Gasteiger partial charge in [0.05, 0.1) is 5.60 Å². The van der Waals surface area contributed by atoms with Gasteiger partial charge in [0, 0.05) is 11.8 Å². The van der Waals surface area contributed by atoms with Crippen molar-refractivity contribution in [1.82, 2.24) is 0 Å². The fraction of sp³-hybridized carbons (Fsp3) is 0.833. The molecule has 0 bridgehead atoms. The molecule has 0 aromatic rings. The molecule has 5 aliphatic rings. The molecule has 32 heavy (non-hydrogen) atoms. The van der Waals surface area contributed by atoms with Crippen molar-refractivity contribution in [3.8, 4) is 0 Å². The zero-order valence-corrected chi connectivity index (χ0v) is 21.9. The van der Waals surface area contributed by atoms with Crippen LogP contribution in [-0.2, 0) is 9.53 Å². The topological polar surface area (TPSA) is 29.6 Å². The van der Waals surface area contributed by atoms with Crippen molar-refractivity contribution < 1.29 is 9.53 Å². The van der Waals surface area contributed by atoms with E-state index in [4.69, 9.17) is 4.74 Å². The first kappa shape index (κ1) is 22.9. The van der Waals surface area contributed by atoms with E-state index < -0.39 is 0 Å². The number of allylic oxidation sites excluding steroid dienone is 3. The van der Waals surface area contributed by atoms with E-state index in [1.807, 2.05) is 0 Å². The van der Waals surface area contributed by atoms with Gasteiger partial charge < -0.3 is 4.74 Å². The highest BCUT2D eigenvalue weighted by atomic mass is 16.6. The van der Waals surface area contributed by atoms with E-state index in [1.165, 1.54) is 25.7 Å². The molecule has 1 aliphatic heterocycles. The summed E-state index contributed by atoms with van der Waals surface area (Å²) in [5, 5.41) is 0. The van der Waals surface area contributed by atoms with Crippen LogP contribution in [-0.4, -0.2) is 17.5 Å². The number of hydrogen-bond donors (Lipinski definition) is 0. The van der Waals surface area contributed by atoms with Crippen molar-refractivity contribution in [2.24, 2.45) is 45.3 Å². The maximum Gasteiger partial charge on any atom is 0.138 e. The quantitative estimate of drug-likeness (QED) is 0.337. The van der Waals surface area contributed by atoms with Crippen molar-refractivity contribution in [2.75, 3.05) is 0 Å². The SMILES string of the molecule is C[C@@H](C=C[C@@H]1OC1(C)C)[C@@H]1CC[C@]2(C)C3=CC[C@H]4C(C)(C)C(=O)CC[C@]4(C)[C@H]3CC[C@@]12C. The first-order chi connectivity index (χ1) is 14.8. The molecular weight excluding hydrogens is 392 g/mol. The summed E-state index contributed by atoms with van der Waals surface area (Å²) in [5.74, 6) is 2.99. The molecule has 0 aromatic heterocycles. The van der Waals surface area contributed by atoms with E-state index in [0.717, 1.165) is 25.2 Å². The molecular formula is C30H46O2. The monoisotopic (exact) mass is 438 g/mol. The van der Waals surface area contributed by atoms with Gasteiger partial charge in [-0.2, -0.15) is 0 Å². The number of hydrogen-bond acceptors (Lipinski definition) is 2. The molecule has 1 saturated heterocycles. The summed E-state index contributed by atoms with van der Waals surface area (Å²) in [4.78, 5) is 12.8. The molecule has 8 atom stereocenters. The fourth-order valence-electron chi connectivity index (χ4n) is 9.37. The molecule has 3 saturated carbocycles. The Kier molecular flexibility index (Phi) is 4.89. The van der Waals surface area contributed by atoms with Crippen LogP contribution in [0.25, 0.3) is 0 Å². The van der Waals surface area contributed by atoms with Gasteiger partial charge in [0.2, 0.25) is 0 Å². The van der Waals surface area contributed by atoms with Crippen LogP contribution in [0.15, 0.2) is 23.8 Å². The molecule has 178 valence electrons. The molecule has 1 heterocycles. The minimum atomic E-state index is -0.174. The van der Waals surface area contributed by atoms with Gasteiger partial charge in [-0.15, -0.1) is 0 Å². The summed E-state index contributed by atoms with van der Waals surface area (Å²) >= 11 is 0. The Balaban J connectivity index is 1.44. The average Bonchev–Trinajstić information content (AvgIpc) is 3.22. The Morgan fingerprint density at radius 3 is 2.38 bits per heavy atom. The summed E-state index contributed by atoms with van der Waals surface area (Å²) in [6.45, 7) is 19.1. The van der Waals surface area contributed by atoms with Gasteiger partial charge in [-0.3, -0.25) is 4.79 Å². The standard InChI is InChI=1S/C30H46O2/c1-19(9-12-25-27(4,5)32-25)20-13-17-30(8)22-10-11-23-26(2,3)24(31)15-16-28(23,6)21(22)14-18-29(20,30)7/h9-10,12,19-21,23,25H,11,13-18H2,1-8H3/t19-,20-,21-,23-,25-,28+,29-,30+/m0/s1. The molecule has 0 unspecified atom stereocenters. The lowest BCUT2D eigenvalue weighted by Gasteiger charge is -2.63. The van der Waals surface area contributed by atoms with Gasteiger partial charge in [0.1, 0.15) is 11.9 Å². The van der Waals surface area contributed by atoms with Crippen LogP contribution in [0.5, 0.6) is 0 Å². The molecule has 4 aliphatic carbocycles. The van der Waals surface area contributed by atoms with Crippen LogP contribution < -0.4 is 0 Å². The highest BCUT2D eigenvalue weighted by molar-refractivity contribution is 5.85. The molecule has 4 fully saturated rings. The van der Waals surface area contributed by atoms with E-state index in [2.05, 4.69) is 73.6 Å². The van der Waals surface area contributed by atoms with Crippen molar-refractivity contribution >= 4 is 5.78 Å². The normalized spacial score (nSPS) is 49.8. The summed E-state index contributed by atoms with van der Waals surface area (Å²) in [5.41, 5.74) is 2.59. The highest BCUT2D eigenvalue weighted by Gasteiger charge is 2.65. The molecule has 0 N–H and O–H groups in total. The third kappa shape index (κ3) is 2.90. The Labute approximate surface area is 196 Å². The number of epoxide rings is 1. The molecule has 5 rings (SSSR count). The number of carbonyl (C=O) groups excluding carboxylic acids is 1. The first-order valence-electron chi connectivity index (χ1n) is 13.4. The largest absolute Gasteiger partial charge is 0.362 e. The van der Waals surface area contributed by atoms with Gasteiger partial charge in [-0.1, -0.05) is 65.3 Å². The molecule has 0 radical (unpaired) electrons. The number of rotatable bonds is 3. The van der Waals surface area contributed by atoms with Crippen molar-refractivity contribution in [2.45, 2.75) is 112 Å². The van der Waals surface area contributed by atoms with E-state index in [0.29, 0.717) is 40.5 Å². The van der Waals surface area contributed by atoms with Gasteiger partial charge >= 0.3 is 0 Å².